The van der Waals surface area contributed by atoms with Gasteiger partial charge in [-0.05, 0) is 28.1 Å². The van der Waals surface area contributed by atoms with Gasteiger partial charge in [-0.1, -0.05) is 0 Å². The lowest BCUT2D eigenvalue weighted by molar-refractivity contribution is -0.139. The van der Waals surface area contributed by atoms with Crippen LogP contribution in [0, 0.1) is 5.82 Å². The Morgan fingerprint density at radius 3 is 2.15 bits per heavy atom. The Balaban J connectivity index is 3.43. The number of benzene rings is 1. The van der Waals surface area contributed by atoms with Crippen molar-refractivity contribution in [3.8, 4) is 0 Å². The van der Waals surface area contributed by atoms with Gasteiger partial charge in [-0.2, -0.15) is 13.2 Å². The van der Waals surface area contributed by atoms with Crippen LogP contribution < -0.4 is 5.73 Å². The van der Waals surface area contributed by atoms with Crippen LogP contribution in [0.1, 0.15) is 5.56 Å². The third-order valence-corrected chi connectivity index (χ3v) is 2.12. The average molecular weight is 258 g/mol. The predicted molar refractivity (Wildman–Crippen MR) is 43.5 cm³/mol. The molecule has 1 nitrogen and oxygen atoms in total. The lowest BCUT2D eigenvalue weighted by atomic mass is 10.1. The van der Waals surface area contributed by atoms with E-state index in [1.807, 2.05) is 0 Å². The van der Waals surface area contributed by atoms with Crippen molar-refractivity contribution >= 4 is 21.6 Å². The number of alkyl halides is 3. The van der Waals surface area contributed by atoms with Gasteiger partial charge in [-0.25, -0.2) is 4.39 Å². The summed E-state index contributed by atoms with van der Waals surface area (Å²) in [6, 6.07) is 1.84. The molecular weight excluding hydrogens is 254 g/mol. The molecule has 0 amide bonds. The van der Waals surface area contributed by atoms with Gasteiger partial charge < -0.3 is 5.73 Å². The maximum atomic E-state index is 12.7. The van der Waals surface area contributed by atoms with Crippen molar-refractivity contribution in [3.05, 3.63) is 28.0 Å². The van der Waals surface area contributed by atoms with E-state index in [4.69, 9.17) is 5.73 Å². The van der Waals surface area contributed by atoms with Gasteiger partial charge in [0, 0.05) is 4.47 Å². The molecule has 0 radical (unpaired) electrons. The quantitative estimate of drug-likeness (QED) is 0.561. The van der Waals surface area contributed by atoms with E-state index in [-0.39, 0.29) is 4.47 Å². The molecular formula is C7H4BrF4N. The van der Waals surface area contributed by atoms with E-state index in [0.29, 0.717) is 6.07 Å². The first-order valence-corrected chi connectivity index (χ1v) is 3.94. The second-order valence-electron chi connectivity index (χ2n) is 2.32. The summed E-state index contributed by atoms with van der Waals surface area (Å²) in [5.41, 5.74) is 3.00. The van der Waals surface area contributed by atoms with Crippen LogP contribution in [0.3, 0.4) is 0 Å². The minimum absolute atomic E-state index is 0.0289. The fourth-order valence-corrected chi connectivity index (χ4v) is 1.19. The van der Waals surface area contributed by atoms with Crippen LogP contribution in [0.2, 0.25) is 0 Å². The predicted octanol–water partition coefficient (Wildman–Crippen LogP) is 3.19. The zero-order valence-corrected chi connectivity index (χ0v) is 7.71. The van der Waals surface area contributed by atoms with Gasteiger partial charge in [0.2, 0.25) is 0 Å². The number of halogens is 5. The van der Waals surface area contributed by atoms with Crippen molar-refractivity contribution in [1.82, 2.24) is 0 Å². The van der Waals surface area contributed by atoms with Gasteiger partial charge in [0.15, 0.2) is 0 Å². The lowest BCUT2D eigenvalue weighted by Gasteiger charge is -2.11. The van der Waals surface area contributed by atoms with Crippen molar-refractivity contribution in [1.29, 1.82) is 0 Å². The number of rotatable bonds is 0. The number of nitrogen functional groups attached to an aromatic ring is 1. The topological polar surface area (TPSA) is 26.0 Å². The Morgan fingerprint density at radius 2 is 1.77 bits per heavy atom. The fraction of sp³-hybridized carbons (Fsp3) is 0.143. The third-order valence-electron chi connectivity index (χ3n) is 1.42. The molecule has 0 saturated heterocycles. The normalized spacial score (nSPS) is 11.8. The smallest absolute Gasteiger partial charge is 0.397 e. The minimum atomic E-state index is -4.77. The SMILES string of the molecule is Nc1c(Br)ccc(F)c1C(F)(F)F. The van der Waals surface area contributed by atoms with Crippen molar-refractivity contribution in [2.75, 3.05) is 5.73 Å². The van der Waals surface area contributed by atoms with E-state index >= 15 is 0 Å². The van der Waals surface area contributed by atoms with E-state index in [1.165, 1.54) is 0 Å². The molecule has 6 heteroatoms. The largest absolute Gasteiger partial charge is 0.421 e. The molecule has 0 aliphatic heterocycles. The summed E-state index contributed by atoms with van der Waals surface area (Å²) in [4.78, 5) is 0. The highest BCUT2D eigenvalue weighted by molar-refractivity contribution is 9.10. The molecule has 0 unspecified atom stereocenters. The first-order chi connectivity index (χ1) is 5.84. The molecule has 2 N–H and O–H groups in total. The molecule has 72 valence electrons. The third kappa shape index (κ3) is 1.93. The summed E-state index contributed by atoms with van der Waals surface area (Å²) < 4.78 is 49.2. The average Bonchev–Trinajstić information content (AvgIpc) is 1.95. The zero-order valence-electron chi connectivity index (χ0n) is 6.12. The van der Waals surface area contributed by atoms with Crippen molar-refractivity contribution in [3.63, 3.8) is 0 Å². The van der Waals surface area contributed by atoms with Crippen LogP contribution in [0.15, 0.2) is 16.6 Å². The summed E-state index contributed by atoms with van der Waals surface area (Å²) in [5, 5.41) is 0. The first-order valence-electron chi connectivity index (χ1n) is 3.14. The summed E-state index contributed by atoms with van der Waals surface area (Å²) in [6.45, 7) is 0. The number of hydrogen-bond donors (Lipinski definition) is 1. The lowest BCUT2D eigenvalue weighted by Crippen LogP contribution is -2.12. The molecule has 1 aromatic rings. The molecule has 1 aromatic carbocycles. The summed E-state index contributed by atoms with van der Waals surface area (Å²) >= 11 is 2.78. The highest BCUT2D eigenvalue weighted by atomic mass is 79.9. The van der Waals surface area contributed by atoms with Crippen molar-refractivity contribution < 1.29 is 17.6 Å². The van der Waals surface area contributed by atoms with Gasteiger partial charge in [-0.15, -0.1) is 0 Å². The Kier molecular flexibility index (Phi) is 2.51. The van der Waals surface area contributed by atoms with Crippen LogP contribution in [-0.2, 0) is 6.18 Å². The number of anilines is 1. The van der Waals surface area contributed by atoms with Gasteiger partial charge >= 0.3 is 6.18 Å². The van der Waals surface area contributed by atoms with Crippen LogP contribution in [-0.4, -0.2) is 0 Å². The maximum absolute atomic E-state index is 12.7. The molecule has 0 saturated carbocycles. The molecule has 0 aliphatic carbocycles. The van der Waals surface area contributed by atoms with Crippen LogP contribution in [0.25, 0.3) is 0 Å². The molecule has 0 heterocycles. The van der Waals surface area contributed by atoms with E-state index < -0.39 is 23.2 Å². The minimum Gasteiger partial charge on any atom is -0.397 e. The fourth-order valence-electron chi connectivity index (χ4n) is 0.856. The molecule has 0 fully saturated rings. The molecule has 13 heavy (non-hydrogen) atoms. The molecule has 0 bridgehead atoms. The highest BCUT2D eigenvalue weighted by Gasteiger charge is 2.37. The zero-order chi connectivity index (χ0) is 10.2. The van der Waals surface area contributed by atoms with Gasteiger partial charge in [0.05, 0.1) is 5.69 Å². The van der Waals surface area contributed by atoms with E-state index in [2.05, 4.69) is 15.9 Å². The van der Waals surface area contributed by atoms with Gasteiger partial charge in [-0.3, -0.25) is 0 Å². The Hall–Kier alpha value is -0.780. The Labute approximate surface area is 79.7 Å². The highest BCUT2D eigenvalue weighted by Crippen LogP contribution is 2.38. The van der Waals surface area contributed by atoms with Crippen LogP contribution in [0.4, 0.5) is 23.2 Å². The van der Waals surface area contributed by atoms with Crippen LogP contribution in [0.5, 0.6) is 0 Å². The monoisotopic (exact) mass is 257 g/mol. The first kappa shape index (κ1) is 10.3. The summed E-state index contributed by atoms with van der Waals surface area (Å²) in [6.07, 6.45) is -4.77. The number of nitrogens with two attached hydrogens (primary N) is 1. The standard InChI is InChI=1S/C7H4BrF4N/c8-3-1-2-4(9)5(6(3)13)7(10,11)12/h1-2H,13H2. The Bertz CT molecular complexity index is 334. The molecule has 0 aromatic heterocycles. The van der Waals surface area contributed by atoms with E-state index in [9.17, 15) is 17.6 Å². The Morgan fingerprint density at radius 1 is 1.23 bits per heavy atom. The van der Waals surface area contributed by atoms with Gasteiger partial charge in [0.1, 0.15) is 11.4 Å². The van der Waals surface area contributed by atoms with E-state index in [0.717, 1.165) is 6.07 Å². The van der Waals surface area contributed by atoms with E-state index in [1.54, 1.807) is 0 Å². The molecule has 0 atom stereocenters. The summed E-state index contributed by atoms with van der Waals surface area (Å²) in [5.74, 6) is -1.37. The molecule has 1 rings (SSSR count). The molecule has 0 aliphatic rings. The van der Waals surface area contributed by atoms with Crippen molar-refractivity contribution in [2.24, 2.45) is 0 Å². The summed E-state index contributed by atoms with van der Waals surface area (Å²) in [7, 11) is 0. The second kappa shape index (κ2) is 3.17. The van der Waals surface area contributed by atoms with Crippen molar-refractivity contribution in [2.45, 2.75) is 6.18 Å². The maximum Gasteiger partial charge on any atom is 0.421 e. The van der Waals surface area contributed by atoms with Crippen LogP contribution >= 0.6 is 15.9 Å². The molecule has 0 spiro atoms. The van der Waals surface area contributed by atoms with Gasteiger partial charge in [0.25, 0.3) is 0 Å². The second-order valence-corrected chi connectivity index (χ2v) is 3.17. The number of hydrogen-bond acceptors (Lipinski definition) is 1.